The van der Waals surface area contributed by atoms with E-state index in [-0.39, 0.29) is 0 Å². The summed E-state index contributed by atoms with van der Waals surface area (Å²) in [5.41, 5.74) is 1.13. The fourth-order valence-electron chi connectivity index (χ4n) is 1.27. The topological polar surface area (TPSA) is 40.5 Å². The predicted molar refractivity (Wildman–Crippen MR) is 60.6 cm³/mol. The second kappa shape index (κ2) is 6.36. The average Bonchev–Trinajstić information content (AvgIpc) is 2.15. The third-order valence-corrected chi connectivity index (χ3v) is 3.10. The Balaban J connectivity index is 2.28. The van der Waals surface area contributed by atoms with Crippen molar-refractivity contribution < 1.29 is 9.79 Å². The number of aryl methyl sites for hydroxylation is 1. The van der Waals surface area contributed by atoms with E-state index in [1.54, 1.807) is 0 Å². The van der Waals surface area contributed by atoms with Crippen molar-refractivity contribution in [2.75, 3.05) is 6.16 Å². The molecule has 1 aromatic carbocycles. The van der Waals surface area contributed by atoms with Crippen LogP contribution < -0.4 is 0 Å². The zero-order chi connectivity index (χ0) is 10.4. The van der Waals surface area contributed by atoms with E-state index >= 15 is 0 Å². The van der Waals surface area contributed by atoms with Crippen LogP contribution in [0.25, 0.3) is 0 Å². The van der Waals surface area contributed by atoms with Gasteiger partial charge in [0, 0.05) is 11.2 Å². The molecule has 0 fully saturated rings. The zero-order valence-electron chi connectivity index (χ0n) is 7.86. The maximum atomic E-state index is 8.70. The molecule has 0 aliphatic heterocycles. The molecule has 0 aromatic heterocycles. The minimum Gasteiger partial charge on any atom is -0.350 e. The molecule has 0 heterocycles. The van der Waals surface area contributed by atoms with Crippen molar-refractivity contribution in [3.8, 4) is 0 Å². The van der Waals surface area contributed by atoms with Gasteiger partial charge in [-0.05, 0) is 30.9 Å². The van der Waals surface area contributed by atoms with Crippen LogP contribution in [-0.4, -0.2) is 15.9 Å². The Labute approximate surface area is 90.5 Å². The van der Waals surface area contributed by atoms with E-state index in [0.717, 1.165) is 29.8 Å². The van der Waals surface area contributed by atoms with Crippen LogP contribution in [0.2, 0.25) is 5.02 Å². The van der Waals surface area contributed by atoms with Gasteiger partial charge in [0.25, 0.3) is 0 Å². The molecule has 0 unspecified atom stereocenters. The van der Waals surface area contributed by atoms with Gasteiger partial charge in [-0.25, -0.2) is 0 Å². The van der Waals surface area contributed by atoms with Crippen molar-refractivity contribution in [2.45, 2.75) is 19.3 Å². The average molecular weight is 233 g/mol. The second-order valence-corrected chi connectivity index (χ2v) is 4.74. The first-order valence-corrected chi connectivity index (χ1v) is 6.40. The number of rotatable bonds is 5. The maximum Gasteiger partial charge on any atom is 0.164 e. The highest BCUT2D eigenvalue weighted by Gasteiger charge is 2.01. The van der Waals surface area contributed by atoms with Gasteiger partial charge >= 0.3 is 0 Å². The lowest BCUT2D eigenvalue weighted by Gasteiger charge is -2.04. The summed E-state index contributed by atoms with van der Waals surface area (Å²) in [5, 5.41) is 0.794. The second-order valence-electron chi connectivity index (χ2n) is 3.14. The zero-order valence-corrected chi connectivity index (χ0v) is 9.51. The van der Waals surface area contributed by atoms with E-state index in [0.29, 0.717) is 6.16 Å². The Morgan fingerprint density at radius 1 is 1.14 bits per heavy atom. The van der Waals surface area contributed by atoms with Crippen LogP contribution in [-0.2, 0) is 6.42 Å². The lowest BCUT2D eigenvalue weighted by atomic mass is 10.1. The number of benzene rings is 1. The summed E-state index contributed by atoms with van der Waals surface area (Å²) < 4.78 is 0. The Morgan fingerprint density at radius 2 is 1.86 bits per heavy atom. The Morgan fingerprint density at radius 3 is 2.50 bits per heavy atom. The standard InChI is InChI=1S/C10H14ClO2P/c11-10-7-2-1-5-9(10)6-3-4-8-14(12)13/h1-2,5,7,12-13H,3-4,6,8H2. The molecule has 0 saturated heterocycles. The van der Waals surface area contributed by atoms with Crippen molar-refractivity contribution in [3.05, 3.63) is 34.9 Å². The summed E-state index contributed by atoms with van der Waals surface area (Å²) in [7, 11) is -1.72. The molecular formula is C10H14ClO2P. The molecule has 0 radical (unpaired) electrons. The Hall–Kier alpha value is -0.140. The van der Waals surface area contributed by atoms with E-state index in [4.69, 9.17) is 21.4 Å². The number of halogens is 1. The molecule has 0 amide bonds. The van der Waals surface area contributed by atoms with Crippen LogP contribution >= 0.6 is 20.0 Å². The Bertz CT molecular complexity index is 279. The summed E-state index contributed by atoms with van der Waals surface area (Å²) in [6.07, 6.45) is 3.19. The molecule has 14 heavy (non-hydrogen) atoms. The third-order valence-electron chi connectivity index (χ3n) is 2.01. The predicted octanol–water partition coefficient (Wildman–Crippen LogP) is 2.96. The minimum atomic E-state index is -1.72. The van der Waals surface area contributed by atoms with E-state index in [9.17, 15) is 0 Å². The molecule has 0 aliphatic rings. The van der Waals surface area contributed by atoms with Crippen LogP contribution in [0.15, 0.2) is 24.3 Å². The quantitative estimate of drug-likeness (QED) is 0.605. The van der Waals surface area contributed by atoms with E-state index in [1.165, 1.54) is 0 Å². The van der Waals surface area contributed by atoms with Gasteiger partial charge in [-0.3, -0.25) is 0 Å². The van der Waals surface area contributed by atoms with Crippen molar-refractivity contribution >= 4 is 20.0 Å². The van der Waals surface area contributed by atoms with Crippen molar-refractivity contribution in [2.24, 2.45) is 0 Å². The number of hydrogen-bond donors (Lipinski definition) is 2. The van der Waals surface area contributed by atoms with Gasteiger partial charge in [0.2, 0.25) is 0 Å². The largest absolute Gasteiger partial charge is 0.350 e. The fourth-order valence-corrected chi connectivity index (χ4v) is 2.01. The molecule has 0 bridgehead atoms. The molecule has 0 spiro atoms. The molecule has 0 atom stereocenters. The van der Waals surface area contributed by atoms with Gasteiger partial charge in [-0.15, -0.1) is 0 Å². The Kier molecular flexibility index (Phi) is 5.42. The first-order chi connectivity index (χ1) is 6.70. The first kappa shape index (κ1) is 11.9. The summed E-state index contributed by atoms with van der Waals surface area (Å²) in [6, 6.07) is 7.75. The van der Waals surface area contributed by atoms with Gasteiger partial charge in [0.15, 0.2) is 8.38 Å². The van der Waals surface area contributed by atoms with Crippen LogP contribution in [0.4, 0.5) is 0 Å². The maximum absolute atomic E-state index is 8.70. The van der Waals surface area contributed by atoms with E-state index < -0.39 is 8.38 Å². The molecule has 2 nitrogen and oxygen atoms in total. The first-order valence-electron chi connectivity index (χ1n) is 4.59. The van der Waals surface area contributed by atoms with Crippen molar-refractivity contribution in [3.63, 3.8) is 0 Å². The summed E-state index contributed by atoms with van der Waals surface area (Å²) in [4.78, 5) is 17.4. The van der Waals surface area contributed by atoms with Crippen LogP contribution in [0, 0.1) is 0 Å². The smallest absolute Gasteiger partial charge is 0.164 e. The number of unbranched alkanes of at least 4 members (excludes halogenated alkanes) is 1. The van der Waals surface area contributed by atoms with Gasteiger partial charge in [-0.1, -0.05) is 29.8 Å². The SMILES string of the molecule is OP(O)CCCCc1ccccc1Cl. The van der Waals surface area contributed by atoms with Gasteiger partial charge in [0.05, 0.1) is 0 Å². The van der Waals surface area contributed by atoms with Crippen LogP contribution in [0.5, 0.6) is 0 Å². The minimum absolute atomic E-state index is 0.500. The lowest BCUT2D eigenvalue weighted by Crippen LogP contribution is -1.89. The highest BCUT2D eigenvalue weighted by atomic mass is 35.5. The van der Waals surface area contributed by atoms with Gasteiger partial charge in [0.1, 0.15) is 0 Å². The van der Waals surface area contributed by atoms with Crippen molar-refractivity contribution in [1.82, 2.24) is 0 Å². The van der Waals surface area contributed by atoms with Crippen LogP contribution in [0.1, 0.15) is 18.4 Å². The van der Waals surface area contributed by atoms with E-state index in [1.807, 2.05) is 24.3 Å². The molecular weight excluding hydrogens is 219 g/mol. The highest BCUT2D eigenvalue weighted by molar-refractivity contribution is 7.45. The molecule has 4 heteroatoms. The molecule has 1 aromatic rings. The normalized spacial score (nSPS) is 10.9. The van der Waals surface area contributed by atoms with Crippen LogP contribution in [0.3, 0.4) is 0 Å². The van der Waals surface area contributed by atoms with Gasteiger partial charge < -0.3 is 9.79 Å². The summed E-state index contributed by atoms with van der Waals surface area (Å²) >= 11 is 5.97. The molecule has 0 saturated carbocycles. The monoisotopic (exact) mass is 232 g/mol. The number of hydrogen-bond acceptors (Lipinski definition) is 2. The lowest BCUT2D eigenvalue weighted by molar-refractivity contribution is 0.479. The summed E-state index contributed by atoms with van der Waals surface area (Å²) in [5.74, 6) is 0. The third kappa shape index (κ3) is 4.39. The van der Waals surface area contributed by atoms with Gasteiger partial charge in [-0.2, -0.15) is 0 Å². The molecule has 0 aliphatic carbocycles. The fraction of sp³-hybridized carbons (Fsp3) is 0.400. The molecule has 2 N–H and O–H groups in total. The van der Waals surface area contributed by atoms with E-state index in [2.05, 4.69) is 0 Å². The van der Waals surface area contributed by atoms with Crippen molar-refractivity contribution in [1.29, 1.82) is 0 Å². The molecule has 1 rings (SSSR count). The summed E-state index contributed by atoms with van der Waals surface area (Å²) in [6.45, 7) is 0. The highest BCUT2D eigenvalue weighted by Crippen LogP contribution is 2.25. The molecule has 78 valence electrons.